The third-order valence-corrected chi connectivity index (χ3v) is 0.720. The summed E-state index contributed by atoms with van der Waals surface area (Å²) in [5.41, 5.74) is 0. The molecule has 0 bridgehead atoms. The van der Waals surface area contributed by atoms with Crippen LogP contribution in [0.4, 0.5) is 0 Å². The standard InChI is InChI=1S/C2HO3.Zr/c3-1-2(4)5;/h(H,4,5);. The zero-order chi connectivity index (χ0) is 5.15. The van der Waals surface area contributed by atoms with Crippen LogP contribution < -0.4 is 0 Å². The molecule has 0 rings (SSSR count). The van der Waals surface area contributed by atoms with Crippen molar-refractivity contribution in [2.45, 2.75) is 0 Å². The number of aliphatic carboxylic acids is 1. The van der Waals surface area contributed by atoms with Gasteiger partial charge in [-0.05, 0) is 0 Å². The van der Waals surface area contributed by atoms with Crippen LogP contribution >= 0.6 is 0 Å². The molecule has 1 N–H and O–H groups in total. The summed E-state index contributed by atoms with van der Waals surface area (Å²) in [5.74, 6) is -1.34. The first-order valence-corrected chi connectivity index (χ1v) is 2.36. The normalized spacial score (nSPS) is 7.17. The quantitative estimate of drug-likeness (QED) is 0.513. The Kier molecular flexibility index (Phi) is 2.25. The number of carbonyl (C=O) groups excluding carboxylic acids is 1. The molecule has 0 spiro atoms. The fourth-order valence-electron chi connectivity index (χ4n) is 0. The van der Waals surface area contributed by atoms with Crippen molar-refractivity contribution < 1.29 is 39.4 Å². The Morgan fingerprint density at radius 3 is 1.67 bits per heavy atom. The molecule has 3 nitrogen and oxygen atoms in total. The van der Waals surface area contributed by atoms with Crippen molar-refractivity contribution in [3.8, 4) is 0 Å². The molecular weight excluding hydrogens is 163 g/mol. The molecule has 6 heavy (non-hydrogen) atoms. The third kappa shape index (κ3) is 2.27. The molecule has 0 fully saturated rings. The van der Waals surface area contributed by atoms with Gasteiger partial charge in [-0.25, -0.2) is 0 Å². The molecule has 31 valence electrons. The van der Waals surface area contributed by atoms with Gasteiger partial charge in [0.1, 0.15) is 0 Å². The summed E-state index contributed by atoms with van der Waals surface area (Å²) in [6, 6.07) is 0. The maximum absolute atomic E-state index is 9.58. The van der Waals surface area contributed by atoms with E-state index in [0.29, 0.717) is 24.7 Å². The fourth-order valence-corrected chi connectivity index (χ4v) is 0. The van der Waals surface area contributed by atoms with Gasteiger partial charge in [-0.2, -0.15) is 0 Å². The summed E-state index contributed by atoms with van der Waals surface area (Å²) >= 11 is 0.427. The number of carbonyl (C=O) groups is 2. The van der Waals surface area contributed by atoms with E-state index in [1.165, 1.54) is 0 Å². The number of carboxylic acid groups (broad SMARTS) is 1. The van der Waals surface area contributed by atoms with E-state index < -0.39 is 9.46 Å². The molecule has 0 unspecified atom stereocenters. The van der Waals surface area contributed by atoms with Crippen molar-refractivity contribution in [3.63, 3.8) is 0 Å². The Morgan fingerprint density at radius 1 is 1.50 bits per heavy atom. The molecule has 0 saturated heterocycles. The van der Waals surface area contributed by atoms with Gasteiger partial charge in [0.25, 0.3) is 0 Å². The van der Waals surface area contributed by atoms with E-state index in [1.54, 1.807) is 0 Å². The second-order valence-corrected chi connectivity index (χ2v) is 1.75. The average Bonchev–Trinajstić information content (AvgIpc) is 1.36. The fraction of sp³-hybridized carbons (Fsp3) is 0. The summed E-state index contributed by atoms with van der Waals surface area (Å²) in [7, 11) is 0. The molecule has 0 amide bonds. The summed E-state index contributed by atoms with van der Waals surface area (Å²) in [5, 5.41) is 7.66. The summed E-state index contributed by atoms with van der Waals surface area (Å²) < 4.78 is -0.734. The molecule has 0 atom stereocenters. The van der Waals surface area contributed by atoms with Crippen LogP contribution in [-0.4, -0.2) is 14.6 Å². The van der Waals surface area contributed by atoms with Crippen LogP contribution in [-0.2, 0) is 34.3 Å². The molecule has 0 aromatic heterocycles. The Morgan fingerprint density at radius 2 is 1.67 bits per heavy atom. The van der Waals surface area contributed by atoms with E-state index in [0.717, 1.165) is 0 Å². The first-order chi connectivity index (χ1) is 2.64. The Hall–Kier alpha value is 0.0231. The molecule has 0 aliphatic rings. The summed E-state index contributed by atoms with van der Waals surface area (Å²) in [6.07, 6.45) is 0. The second kappa shape index (κ2) is 2.24. The van der Waals surface area contributed by atoms with Gasteiger partial charge in [-0.15, -0.1) is 0 Å². The van der Waals surface area contributed by atoms with E-state index in [2.05, 4.69) is 0 Å². The van der Waals surface area contributed by atoms with Crippen molar-refractivity contribution in [2.75, 3.05) is 0 Å². The molecule has 4 heteroatoms. The van der Waals surface area contributed by atoms with Crippen LogP contribution in [0, 0.1) is 0 Å². The number of hydrogen-bond acceptors (Lipinski definition) is 2. The van der Waals surface area contributed by atoms with Crippen LogP contribution in [0.2, 0.25) is 0 Å². The van der Waals surface area contributed by atoms with Crippen molar-refractivity contribution in [2.24, 2.45) is 0 Å². The molecule has 0 radical (unpaired) electrons. The minimum atomic E-state index is -1.34. The number of rotatable bonds is 1. The van der Waals surface area contributed by atoms with E-state index >= 15 is 0 Å². The van der Waals surface area contributed by atoms with Gasteiger partial charge in [0.15, 0.2) is 0 Å². The van der Waals surface area contributed by atoms with E-state index in [4.69, 9.17) is 5.11 Å². The van der Waals surface area contributed by atoms with Crippen molar-refractivity contribution in [1.82, 2.24) is 0 Å². The molecule has 0 aliphatic heterocycles. The van der Waals surface area contributed by atoms with E-state index in [9.17, 15) is 9.59 Å². The molecule has 0 aromatic carbocycles. The summed E-state index contributed by atoms with van der Waals surface area (Å²) in [6.45, 7) is 0. The Labute approximate surface area is 49.2 Å². The van der Waals surface area contributed by atoms with E-state index in [1.807, 2.05) is 0 Å². The van der Waals surface area contributed by atoms with Gasteiger partial charge < -0.3 is 0 Å². The topological polar surface area (TPSA) is 54.4 Å². The second-order valence-electron chi connectivity index (χ2n) is 0.634. The Bertz CT molecular complexity index is 74.8. The molecular formula is C2HO3Zr. The SMILES string of the molecule is O=C(O)[C](=O)[Zr]. The van der Waals surface area contributed by atoms with Gasteiger partial charge in [-0.3, -0.25) is 0 Å². The van der Waals surface area contributed by atoms with Gasteiger partial charge in [0.2, 0.25) is 0 Å². The molecule has 0 saturated carbocycles. The Balaban J connectivity index is 3.57. The predicted octanol–water partition coefficient (Wildman–Crippen LogP) is -0.856. The maximum atomic E-state index is 9.58. The number of carboxylic acids is 1. The van der Waals surface area contributed by atoms with Crippen molar-refractivity contribution in [1.29, 1.82) is 0 Å². The monoisotopic (exact) mass is 163 g/mol. The van der Waals surface area contributed by atoms with Gasteiger partial charge in [-0.1, -0.05) is 0 Å². The van der Waals surface area contributed by atoms with Crippen LogP contribution in [0.15, 0.2) is 0 Å². The summed E-state index contributed by atoms with van der Waals surface area (Å²) in [4.78, 5) is 19.0. The zero-order valence-electron chi connectivity index (χ0n) is 2.76. The van der Waals surface area contributed by atoms with Crippen LogP contribution in [0.3, 0.4) is 0 Å². The zero-order valence-corrected chi connectivity index (χ0v) is 5.22. The average molecular weight is 164 g/mol. The first-order valence-electron chi connectivity index (χ1n) is 1.13. The predicted molar refractivity (Wildman–Crippen MR) is 12.6 cm³/mol. The van der Waals surface area contributed by atoms with Crippen LogP contribution in [0.25, 0.3) is 0 Å². The molecule has 0 heterocycles. The minimum absolute atomic E-state index is 0.427. The van der Waals surface area contributed by atoms with Crippen LogP contribution in [0.1, 0.15) is 0 Å². The molecule has 0 aromatic rings. The van der Waals surface area contributed by atoms with Gasteiger partial charge in [0, 0.05) is 0 Å². The number of hydrogen-bond donors (Lipinski definition) is 1. The molecule has 0 aliphatic carbocycles. The van der Waals surface area contributed by atoms with Gasteiger partial charge in [0.05, 0.1) is 0 Å². The van der Waals surface area contributed by atoms with E-state index in [-0.39, 0.29) is 0 Å². The first kappa shape index (κ1) is 6.02. The van der Waals surface area contributed by atoms with Crippen molar-refractivity contribution >= 4 is 9.46 Å². The third-order valence-electron chi connectivity index (χ3n) is 0.194. The van der Waals surface area contributed by atoms with Gasteiger partial charge >= 0.3 is 48.9 Å². The van der Waals surface area contributed by atoms with Crippen LogP contribution in [0.5, 0.6) is 0 Å². The van der Waals surface area contributed by atoms with Crippen molar-refractivity contribution in [3.05, 3.63) is 0 Å².